The van der Waals surface area contributed by atoms with Gasteiger partial charge in [-0.25, -0.2) is 9.97 Å². The quantitative estimate of drug-likeness (QED) is 0.896. The van der Waals surface area contributed by atoms with E-state index in [0.29, 0.717) is 11.6 Å². The van der Waals surface area contributed by atoms with Gasteiger partial charge in [0.05, 0.1) is 11.3 Å². The standard InChI is InChI=1S/C13H19N5/c1-5-10-8(3)12(14)16-13(15-10)9-7-18(4)17-11(9)6-2/h7H,5-6H2,1-4H3,(H2,14,15,16). The fraction of sp³-hybridized carbons (Fsp3) is 0.462. The molecular weight excluding hydrogens is 226 g/mol. The second kappa shape index (κ2) is 4.76. The summed E-state index contributed by atoms with van der Waals surface area (Å²) < 4.78 is 1.79. The molecule has 0 amide bonds. The van der Waals surface area contributed by atoms with Crippen LogP contribution in [0.25, 0.3) is 11.4 Å². The molecule has 5 heteroatoms. The molecule has 0 radical (unpaired) electrons. The summed E-state index contributed by atoms with van der Waals surface area (Å²) in [7, 11) is 1.90. The molecule has 2 heterocycles. The number of nitrogen functional groups attached to an aromatic ring is 1. The summed E-state index contributed by atoms with van der Waals surface area (Å²) in [5.74, 6) is 1.24. The highest BCUT2D eigenvalue weighted by Crippen LogP contribution is 2.23. The third kappa shape index (κ3) is 2.08. The van der Waals surface area contributed by atoms with Gasteiger partial charge in [-0.3, -0.25) is 4.68 Å². The van der Waals surface area contributed by atoms with Gasteiger partial charge >= 0.3 is 0 Å². The number of hydrogen-bond donors (Lipinski definition) is 1. The molecule has 2 aromatic heterocycles. The number of rotatable bonds is 3. The Morgan fingerprint density at radius 2 is 1.83 bits per heavy atom. The molecule has 2 aromatic rings. The van der Waals surface area contributed by atoms with Crippen LogP contribution in [0.15, 0.2) is 6.20 Å². The van der Waals surface area contributed by atoms with E-state index in [1.807, 2.05) is 20.2 Å². The maximum absolute atomic E-state index is 5.95. The van der Waals surface area contributed by atoms with Crippen molar-refractivity contribution in [1.29, 1.82) is 0 Å². The SMILES string of the molecule is CCc1nn(C)cc1-c1nc(N)c(C)c(CC)n1. The van der Waals surface area contributed by atoms with E-state index >= 15 is 0 Å². The van der Waals surface area contributed by atoms with Gasteiger partial charge in [-0.05, 0) is 19.8 Å². The van der Waals surface area contributed by atoms with Crippen molar-refractivity contribution in [2.45, 2.75) is 33.6 Å². The zero-order valence-corrected chi connectivity index (χ0v) is 11.4. The van der Waals surface area contributed by atoms with Gasteiger partial charge in [-0.2, -0.15) is 5.10 Å². The van der Waals surface area contributed by atoms with E-state index in [0.717, 1.165) is 35.4 Å². The van der Waals surface area contributed by atoms with Crippen molar-refractivity contribution in [1.82, 2.24) is 19.7 Å². The highest BCUT2D eigenvalue weighted by Gasteiger charge is 2.14. The van der Waals surface area contributed by atoms with Crippen LogP contribution in [0.2, 0.25) is 0 Å². The Bertz CT molecular complexity index is 571. The number of aryl methyl sites for hydroxylation is 3. The normalized spacial score (nSPS) is 10.9. The lowest BCUT2D eigenvalue weighted by Crippen LogP contribution is -2.04. The molecule has 5 nitrogen and oxygen atoms in total. The van der Waals surface area contributed by atoms with Gasteiger partial charge in [0.1, 0.15) is 5.82 Å². The Morgan fingerprint density at radius 1 is 1.17 bits per heavy atom. The molecule has 0 aliphatic heterocycles. The first-order valence-corrected chi connectivity index (χ1v) is 6.22. The van der Waals surface area contributed by atoms with Crippen LogP contribution >= 0.6 is 0 Å². The van der Waals surface area contributed by atoms with E-state index in [1.54, 1.807) is 4.68 Å². The smallest absolute Gasteiger partial charge is 0.165 e. The summed E-state index contributed by atoms with van der Waals surface area (Å²) in [6, 6.07) is 0. The fourth-order valence-electron chi connectivity index (χ4n) is 2.03. The third-order valence-corrected chi connectivity index (χ3v) is 3.10. The lowest BCUT2D eigenvalue weighted by molar-refractivity contribution is 0.746. The van der Waals surface area contributed by atoms with Crippen LogP contribution in [-0.4, -0.2) is 19.7 Å². The van der Waals surface area contributed by atoms with E-state index in [2.05, 4.69) is 28.9 Å². The predicted molar refractivity (Wildman–Crippen MR) is 72.1 cm³/mol. The minimum atomic E-state index is 0.558. The first-order valence-electron chi connectivity index (χ1n) is 6.22. The summed E-state index contributed by atoms with van der Waals surface area (Å²) in [6.07, 6.45) is 3.66. The maximum atomic E-state index is 5.95. The largest absolute Gasteiger partial charge is 0.383 e. The molecule has 18 heavy (non-hydrogen) atoms. The Balaban J connectivity index is 2.60. The second-order valence-electron chi connectivity index (χ2n) is 4.37. The number of hydrogen-bond acceptors (Lipinski definition) is 4. The van der Waals surface area contributed by atoms with Crippen LogP contribution < -0.4 is 5.73 Å². The van der Waals surface area contributed by atoms with E-state index in [1.165, 1.54) is 0 Å². The molecule has 96 valence electrons. The van der Waals surface area contributed by atoms with Crippen LogP contribution in [0.5, 0.6) is 0 Å². The number of nitrogens with zero attached hydrogens (tertiary/aromatic N) is 4. The molecular formula is C13H19N5. The molecule has 0 aliphatic rings. The number of anilines is 1. The summed E-state index contributed by atoms with van der Waals surface area (Å²) in [5, 5.41) is 4.41. The summed E-state index contributed by atoms with van der Waals surface area (Å²) in [5.41, 5.74) is 9.91. The van der Waals surface area contributed by atoms with Crippen LogP contribution in [0, 0.1) is 6.92 Å². The average molecular weight is 245 g/mol. The van der Waals surface area contributed by atoms with E-state index < -0.39 is 0 Å². The van der Waals surface area contributed by atoms with Gasteiger partial charge in [0.2, 0.25) is 0 Å². The Kier molecular flexibility index (Phi) is 3.32. The van der Waals surface area contributed by atoms with E-state index in [4.69, 9.17) is 5.73 Å². The molecule has 0 atom stereocenters. The molecule has 0 aromatic carbocycles. The third-order valence-electron chi connectivity index (χ3n) is 3.10. The van der Waals surface area contributed by atoms with Crippen molar-refractivity contribution in [3.63, 3.8) is 0 Å². The minimum absolute atomic E-state index is 0.558. The number of nitrogens with two attached hydrogens (primary N) is 1. The van der Waals surface area contributed by atoms with Gasteiger partial charge in [0.15, 0.2) is 5.82 Å². The molecule has 0 unspecified atom stereocenters. The lowest BCUT2D eigenvalue weighted by atomic mass is 10.1. The van der Waals surface area contributed by atoms with Crippen molar-refractivity contribution in [2.75, 3.05) is 5.73 Å². The molecule has 0 saturated carbocycles. The highest BCUT2D eigenvalue weighted by atomic mass is 15.3. The van der Waals surface area contributed by atoms with Crippen LogP contribution in [0.3, 0.4) is 0 Å². The Morgan fingerprint density at radius 3 is 2.44 bits per heavy atom. The minimum Gasteiger partial charge on any atom is -0.383 e. The van der Waals surface area contributed by atoms with E-state index in [9.17, 15) is 0 Å². The van der Waals surface area contributed by atoms with Gasteiger partial charge in [0.25, 0.3) is 0 Å². The molecule has 0 spiro atoms. The topological polar surface area (TPSA) is 69.6 Å². The van der Waals surface area contributed by atoms with E-state index in [-0.39, 0.29) is 0 Å². The number of aromatic nitrogens is 4. The van der Waals surface area contributed by atoms with Gasteiger partial charge in [-0.15, -0.1) is 0 Å². The molecule has 2 N–H and O–H groups in total. The van der Waals surface area contributed by atoms with Crippen molar-refractivity contribution >= 4 is 5.82 Å². The average Bonchev–Trinajstić information content (AvgIpc) is 2.73. The van der Waals surface area contributed by atoms with Gasteiger partial charge in [0, 0.05) is 24.5 Å². The summed E-state index contributed by atoms with van der Waals surface area (Å²) in [6.45, 7) is 6.11. The van der Waals surface area contributed by atoms with Gasteiger partial charge < -0.3 is 5.73 Å². The molecule has 0 saturated heterocycles. The zero-order valence-electron chi connectivity index (χ0n) is 11.4. The van der Waals surface area contributed by atoms with Crippen LogP contribution in [-0.2, 0) is 19.9 Å². The van der Waals surface area contributed by atoms with Crippen molar-refractivity contribution in [3.05, 3.63) is 23.1 Å². The van der Waals surface area contributed by atoms with Crippen LogP contribution in [0.1, 0.15) is 30.8 Å². The monoisotopic (exact) mass is 245 g/mol. The summed E-state index contributed by atoms with van der Waals surface area (Å²) in [4.78, 5) is 8.99. The molecule has 2 rings (SSSR count). The lowest BCUT2D eigenvalue weighted by Gasteiger charge is -2.08. The van der Waals surface area contributed by atoms with Crippen LogP contribution in [0.4, 0.5) is 5.82 Å². The molecule has 0 aliphatic carbocycles. The van der Waals surface area contributed by atoms with Crippen molar-refractivity contribution in [3.8, 4) is 11.4 Å². The first-order chi connectivity index (χ1) is 8.56. The predicted octanol–water partition coefficient (Wildman–Crippen LogP) is 1.89. The summed E-state index contributed by atoms with van der Waals surface area (Å²) >= 11 is 0. The Hall–Kier alpha value is -1.91. The first kappa shape index (κ1) is 12.5. The van der Waals surface area contributed by atoms with Crippen molar-refractivity contribution in [2.24, 2.45) is 7.05 Å². The van der Waals surface area contributed by atoms with Crippen molar-refractivity contribution < 1.29 is 0 Å². The Labute approximate surface area is 107 Å². The molecule has 0 fully saturated rings. The fourth-order valence-corrected chi connectivity index (χ4v) is 2.03. The second-order valence-corrected chi connectivity index (χ2v) is 4.37. The zero-order chi connectivity index (χ0) is 13.3. The highest BCUT2D eigenvalue weighted by molar-refractivity contribution is 5.60. The van der Waals surface area contributed by atoms with Gasteiger partial charge in [-0.1, -0.05) is 13.8 Å². The maximum Gasteiger partial charge on any atom is 0.165 e. The molecule has 0 bridgehead atoms.